The van der Waals surface area contributed by atoms with E-state index in [0.29, 0.717) is 23.7 Å². The number of aliphatic hydroxyl groups excluding tert-OH is 1. The van der Waals surface area contributed by atoms with Crippen LogP contribution in [-0.4, -0.2) is 40.2 Å². The molecule has 0 atom stereocenters. The predicted octanol–water partition coefficient (Wildman–Crippen LogP) is 3.83. The minimum atomic E-state index is 0.0426. The van der Waals surface area contributed by atoms with Crippen molar-refractivity contribution < 1.29 is 24.1 Å². The minimum absolute atomic E-state index is 0.0426. The highest BCUT2D eigenvalue weighted by molar-refractivity contribution is 5.86. The van der Waals surface area contributed by atoms with Crippen molar-refractivity contribution >= 4 is 5.57 Å². The number of methoxy groups -OCH3 is 4. The minimum Gasteiger partial charge on any atom is -0.495 e. The standard InChI is InChI=1S/C24H26O5/c1-26-21-12-11-19-17(9-7-10-18(19)20(21)8-5-6-13-25)16-14-22(27-2)24(29-4)23(15-16)28-3/h9,11-12,14-15,25H,6-7,10,13H2,1-4H3. The average Bonchev–Trinajstić information content (AvgIpc) is 2.77. The van der Waals surface area contributed by atoms with Crippen molar-refractivity contribution in [3.63, 3.8) is 0 Å². The van der Waals surface area contributed by atoms with Gasteiger partial charge in [-0.2, -0.15) is 0 Å². The second-order valence-corrected chi connectivity index (χ2v) is 6.51. The number of hydrogen-bond donors (Lipinski definition) is 1. The van der Waals surface area contributed by atoms with Gasteiger partial charge in [0.15, 0.2) is 11.5 Å². The molecular formula is C24H26O5. The highest BCUT2D eigenvalue weighted by atomic mass is 16.5. The van der Waals surface area contributed by atoms with Crippen LogP contribution in [0.1, 0.15) is 35.1 Å². The molecular weight excluding hydrogens is 368 g/mol. The van der Waals surface area contributed by atoms with Crippen LogP contribution in [0.15, 0.2) is 30.3 Å². The summed E-state index contributed by atoms with van der Waals surface area (Å²) >= 11 is 0. The van der Waals surface area contributed by atoms with Gasteiger partial charge in [0.2, 0.25) is 5.75 Å². The largest absolute Gasteiger partial charge is 0.495 e. The Hall–Kier alpha value is -3.10. The van der Waals surface area contributed by atoms with Gasteiger partial charge < -0.3 is 24.1 Å². The molecule has 0 amide bonds. The molecule has 0 radical (unpaired) electrons. The summed E-state index contributed by atoms with van der Waals surface area (Å²) in [7, 11) is 6.48. The number of aliphatic hydroxyl groups is 1. The molecule has 0 saturated carbocycles. The van der Waals surface area contributed by atoms with E-state index in [1.54, 1.807) is 28.4 Å². The van der Waals surface area contributed by atoms with Crippen molar-refractivity contribution in [1.29, 1.82) is 0 Å². The van der Waals surface area contributed by atoms with Crippen LogP contribution >= 0.6 is 0 Å². The normalized spacial score (nSPS) is 12.2. The van der Waals surface area contributed by atoms with Crippen molar-refractivity contribution in [1.82, 2.24) is 0 Å². The van der Waals surface area contributed by atoms with Crippen LogP contribution in [0.5, 0.6) is 23.0 Å². The lowest BCUT2D eigenvalue weighted by Crippen LogP contribution is -2.06. The third-order valence-electron chi connectivity index (χ3n) is 4.95. The highest BCUT2D eigenvalue weighted by Crippen LogP contribution is 2.43. The van der Waals surface area contributed by atoms with Crippen LogP contribution in [-0.2, 0) is 6.42 Å². The number of rotatable bonds is 6. The zero-order valence-electron chi connectivity index (χ0n) is 17.3. The third kappa shape index (κ3) is 4.03. The Labute approximate surface area is 171 Å². The van der Waals surface area contributed by atoms with E-state index in [2.05, 4.69) is 24.0 Å². The quantitative estimate of drug-likeness (QED) is 0.755. The molecule has 2 aromatic carbocycles. The van der Waals surface area contributed by atoms with Crippen LogP contribution in [0, 0.1) is 11.8 Å². The molecule has 152 valence electrons. The van der Waals surface area contributed by atoms with Gasteiger partial charge in [0.05, 0.1) is 40.6 Å². The van der Waals surface area contributed by atoms with Crippen LogP contribution in [0.25, 0.3) is 5.57 Å². The summed E-state index contributed by atoms with van der Waals surface area (Å²) in [5.74, 6) is 8.78. The van der Waals surface area contributed by atoms with E-state index in [9.17, 15) is 0 Å². The predicted molar refractivity (Wildman–Crippen MR) is 113 cm³/mol. The molecule has 5 heteroatoms. The molecule has 29 heavy (non-hydrogen) atoms. The van der Waals surface area contributed by atoms with Gasteiger partial charge in [-0.15, -0.1) is 0 Å². The summed E-state index contributed by atoms with van der Waals surface area (Å²) in [6.07, 6.45) is 4.42. The van der Waals surface area contributed by atoms with Gasteiger partial charge in [-0.1, -0.05) is 24.0 Å². The van der Waals surface area contributed by atoms with Gasteiger partial charge in [0.1, 0.15) is 5.75 Å². The maximum Gasteiger partial charge on any atom is 0.203 e. The number of ether oxygens (including phenoxy) is 4. The topological polar surface area (TPSA) is 57.2 Å². The Kier molecular flexibility index (Phi) is 6.69. The van der Waals surface area contributed by atoms with E-state index in [4.69, 9.17) is 24.1 Å². The number of allylic oxidation sites excluding steroid dienone is 1. The maximum absolute atomic E-state index is 9.06. The van der Waals surface area contributed by atoms with Gasteiger partial charge in [-0.3, -0.25) is 0 Å². The number of benzene rings is 2. The molecule has 0 saturated heterocycles. The molecule has 1 aliphatic carbocycles. The number of hydrogen-bond acceptors (Lipinski definition) is 5. The Morgan fingerprint density at radius 3 is 2.21 bits per heavy atom. The highest BCUT2D eigenvalue weighted by Gasteiger charge is 2.22. The second kappa shape index (κ2) is 9.40. The Morgan fingerprint density at radius 2 is 1.62 bits per heavy atom. The summed E-state index contributed by atoms with van der Waals surface area (Å²) in [5, 5.41) is 9.06. The summed E-state index contributed by atoms with van der Waals surface area (Å²) < 4.78 is 22.0. The Bertz CT molecular complexity index is 954. The van der Waals surface area contributed by atoms with Crippen molar-refractivity contribution in [2.75, 3.05) is 35.0 Å². The molecule has 0 unspecified atom stereocenters. The van der Waals surface area contributed by atoms with Crippen LogP contribution in [0.3, 0.4) is 0 Å². The summed E-state index contributed by atoms with van der Waals surface area (Å²) in [6, 6.07) is 7.94. The first-order chi connectivity index (χ1) is 14.2. The maximum atomic E-state index is 9.06. The molecule has 0 aromatic heterocycles. The molecule has 0 spiro atoms. The molecule has 0 bridgehead atoms. The summed E-state index contributed by atoms with van der Waals surface area (Å²) in [4.78, 5) is 0. The monoisotopic (exact) mass is 394 g/mol. The van der Waals surface area contributed by atoms with E-state index in [1.807, 2.05) is 18.2 Å². The molecule has 5 nitrogen and oxygen atoms in total. The molecule has 2 aromatic rings. The van der Waals surface area contributed by atoms with Crippen LogP contribution in [0.4, 0.5) is 0 Å². The third-order valence-corrected chi connectivity index (χ3v) is 4.95. The van der Waals surface area contributed by atoms with Crippen molar-refractivity contribution in [3.05, 3.63) is 52.6 Å². The fourth-order valence-electron chi connectivity index (χ4n) is 3.63. The van der Waals surface area contributed by atoms with Gasteiger partial charge in [-0.25, -0.2) is 0 Å². The fraction of sp³-hybridized carbons (Fsp3) is 0.333. The van der Waals surface area contributed by atoms with E-state index >= 15 is 0 Å². The Morgan fingerprint density at radius 1 is 0.931 bits per heavy atom. The molecule has 0 aliphatic heterocycles. The van der Waals surface area contributed by atoms with E-state index in [-0.39, 0.29) is 6.61 Å². The summed E-state index contributed by atoms with van der Waals surface area (Å²) in [6.45, 7) is 0.0426. The SMILES string of the molecule is COc1ccc2c(c1C#CCCO)CCC=C2c1cc(OC)c(OC)c(OC)c1. The smallest absolute Gasteiger partial charge is 0.203 e. The van der Waals surface area contributed by atoms with Crippen molar-refractivity contribution in [2.45, 2.75) is 19.3 Å². The lowest BCUT2D eigenvalue weighted by molar-refractivity contribution is 0.305. The molecule has 1 N–H and O–H groups in total. The van der Waals surface area contributed by atoms with Gasteiger partial charge in [0, 0.05) is 6.42 Å². The first-order valence-corrected chi connectivity index (χ1v) is 9.49. The molecule has 0 fully saturated rings. The van der Waals surface area contributed by atoms with E-state index < -0.39 is 0 Å². The zero-order valence-corrected chi connectivity index (χ0v) is 17.3. The first-order valence-electron chi connectivity index (χ1n) is 9.49. The van der Waals surface area contributed by atoms with Crippen molar-refractivity contribution in [2.24, 2.45) is 0 Å². The number of fused-ring (bicyclic) bond motifs is 1. The van der Waals surface area contributed by atoms with Crippen LogP contribution in [0.2, 0.25) is 0 Å². The lowest BCUT2D eigenvalue weighted by atomic mass is 9.84. The second-order valence-electron chi connectivity index (χ2n) is 6.51. The molecule has 3 rings (SSSR count). The lowest BCUT2D eigenvalue weighted by Gasteiger charge is -2.22. The van der Waals surface area contributed by atoms with Gasteiger partial charge >= 0.3 is 0 Å². The molecule has 1 aliphatic rings. The Balaban J connectivity index is 2.16. The fourth-order valence-corrected chi connectivity index (χ4v) is 3.63. The van der Waals surface area contributed by atoms with E-state index in [0.717, 1.165) is 46.4 Å². The van der Waals surface area contributed by atoms with Crippen molar-refractivity contribution in [3.8, 4) is 34.8 Å². The van der Waals surface area contributed by atoms with Gasteiger partial charge in [-0.05, 0) is 53.3 Å². The average molecular weight is 394 g/mol. The summed E-state index contributed by atoms with van der Waals surface area (Å²) in [5.41, 5.74) is 5.23. The molecule has 0 heterocycles. The zero-order chi connectivity index (χ0) is 20.8. The first kappa shape index (κ1) is 20.6. The van der Waals surface area contributed by atoms with Crippen LogP contribution < -0.4 is 18.9 Å². The van der Waals surface area contributed by atoms with E-state index in [1.165, 1.54) is 0 Å². The van der Waals surface area contributed by atoms with Gasteiger partial charge in [0.25, 0.3) is 0 Å².